The van der Waals surface area contributed by atoms with E-state index in [9.17, 15) is 9.90 Å². The third-order valence-electron chi connectivity index (χ3n) is 2.56. The highest BCUT2D eigenvalue weighted by Crippen LogP contribution is 2.26. The van der Waals surface area contributed by atoms with Gasteiger partial charge in [0.05, 0.1) is 5.69 Å². The van der Waals surface area contributed by atoms with Crippen LogP contribution in [0.3, 0.4) is 0 Å². The second kappa shape index (κ2) is 3.92. The molecule has 84 valence electrons. The molecule has 2 N–H and O–H groups in total. The number of fused-ring (bicyclic) bond motifs is 1. The van der Waals surface area contributed by atoms with Crippen LogP contribution in [0.5, 0.6) is 0 Å². The number of aromatic nitrogens is 1. The molecule has 4 nitrogen and oxygen atoms in total. The molecule has 1 unspecified atom stereocenters. The van der Waals surface area contributed by atoms with Crippen molar-refractivity contribution in [3.05, 3.63) is 34.4 Å². The molecule has 0 aliphatic rings. The van der Waals surface area contributed by atoms with Gasteiger partial charge in [0.1, 0.15) is 0 Å². The summed E-state index contributed by atoms with van der Waals surface area (Å²) in [5.74, 6) is -1.25. The lowest BCUT2D eigenvalue weighted by Gasteiger charge is -2.07. The Bertz CT molecular complexity index is 562. The Hall–Kier alpha value is -1.33. The molecule has 0 spiro atoms. The number of benzene rings is 1. The Morgan fingerprint density at radius 2 is 2.12 bits per heavy atom. The summed E-state index contributed by atoms with van der Waals surface area (Å²) >= 11 is 3.35. The number of carboxylic acids is 1. The van der Waals surface area contributed by atoms with Crippen LogP contribution in [0, 0.1) is 0 Å². The van der Waals surface area contributed by atoms with Crippen molar-refractivity contribution < 1.29 is 15.0 Å². The fraction of sp³-hybridized carbons (Fsp3) is 0.182. The number of hydrogen-bond donors (Lipinski definition) is 2. The van der Waals surface area contributed by atoms with Gasteiger partial charge in [-0.25, -0.2) is 4.79 Å². The van der Waals surface area contributed by atoms with E-state index < -0.39 is 12.1 Å². The largest absolute Gasteiger partial charge is 0.479 e. The summed E-state index contributed by atoms with van der Waals surface area (Å²) in [6.07, 6.45) is -1.49. The molecule has 5 heteroatoms. The van der Waals surface area contributed by atoms with Crippen molar-refractivity contribution in [3.63, 3.8) is 0 Å². The number of aliphatic carboxylic acids is 1. The molecule has 1 heterocycles. The smallest absolute Gasteiger partial charge is 0.338 e. The summed E-state index contributed by atoms with van der Waals surface area (Å²) in [7, 11) is 1.73. The normalized spacial score (nSPS) is 12.9. The quantitative estimate of drug-likeness (QED) is 0.887. The lowest BCUT2D eigenvalue weighted by atomic mass is 10.2. The Morgan fingerprint density at radius 3 is 2.75 bits per heavy atom. The molecule has 0 aliphatic heterocycles. The van der Waals surface area contributed by atoms with Crippen molar-refractivity contribution in [3.8, 4) is 0 Å². The van der Waals surface area contributed by atoms with E-state index in [2.05, 4.69) is 15.9 Å². The van der Waals surface area contributed by atoms with Crippen molar-refractivity contribution in [1.82, 2.24) is 4.57 Å². The Kier molecular flexibility index (Phi) is 2.73. The van der Waals surface area contributed by atoms with Crippen molar-refractivity contribution in [2.45, 2.75) is 6.10 Å². The summed E-state index contributed by atoms with van der Waals surface area (Å²) in [4.78, 5) is 10.7. The number of rotatable bonds is 2. The molecule has 0 bridgehead atoms. The monoisotopic (exact) mass is 283 g/mol. The Balaban J connectivity index is 2.64. The highest BCUT2D eigenvalue weighted by molar-refractivity contribution is 9.10. The van der Waals surface area contributed by atoms with Crippen LogP contribution >= 0.6 is 15.9 Å². The summed E-state index contributed by atoms with van der Waals surface area (Å²) in [6.45, 7) is 0. The van der Waals surface area contributed by atoms with Gasteiger partial charge in [-0.3, -0.25) is 0 Å². The minimum atomic E-state index is -1.49. The van der Waals surface area contributed by atoms with E-state index >= 15 is 0 Å². The van der Waals surface area contributed by atoms with E-state index in [1.54, 1.807) is 17.7 Å². The number of nitrogens with zero attached hydrogens (tertiary/aromatic N) is 1. The lowest BCUT2D eigenvalue weighted by Crippen LogP contribution is -2.13. The molecule has 1 atom stereocenters. The molecule has 2 aromatic rings. The molecule has 1 aromatic carbocycles. The second-order valence-electron chi connectivity index (χ2n) is 3.57. The number of aliphatic hydroxyl groups is 1. The zero-order valence-corrected chi connectivity index (χ0v) is 10.1. The van der Waals surface area contributed by atoms with E-state index in [1.807, 2.05) is 18.2 Å². The first-order valence-electron chi connectivity index (χ1n) is 4.66. The summed E-state index contributed by atoms with van der Waals surface area (Å²) < 4.78 is 2.59. The molecule has 0 aliphatic carbocycles. The van der Waals surface area contributed by atoms with E-state index in [0.29, 0.717) is 5.69 Å². The fourth-order valence-electron chi connectivity index (χ4n) is 1.71. The predicted molar refractivity (Wildman–Crippen MR) is 63.2 cm³/mol. The number of halogens is 1. The number of aryl methyl sites for hydroxylation is 1. The van der Waals surface area contributed by atoms with Gasteiger partial charge in [-0.2, -0.15) is 0 Å². The molecule has 16 heavy (non-hydrogen) atoms. The van der Waals surface area contributed by atoms with Gasteiger partial charge in [-0.05, 0) is 18.2 Å². The molecule has 0 radical (unpaired) electrons. The minimum absolute atomic E-state index is 0.376. The zero-order valence-electron chi connectivity index (χ0n) is 8.51. The summed E-state index contributed by atoms with van der Waals surface area (Å²) in [5, 5.41) is 19.2. The van der Waals surface area contributed by atoms with Gasteiger partial charge in [0.15, 0.2) is 6.10 Å². The van der Waals surface area contributed by atoms with Crippen LogP contribution < -0.4 is 0 Å². The van der Waals surface area contributed by atoms with Crippen LogP contribution in [0.2, 0.25) is 0 Å². The van der Waals surface area contributed by atoms with Crippen LogP contribution in [0.4, 0.5) is 0 Å². The number of aliphatic hydroxyl groups excluding tert-OH is 1. The maximum Gasteiger partial charge on any atom is 0.338 e. The van der Waals surface area contributed by atoms with Crippen LogP contribution in [0.15, 0.2) is 28.7 Å². The van der Waals surface area contributed by atoms with Crippen molar-refractivity contribution in [2.75, 3.05) is 0 Å². The van der Waals surface area contributed by atoms with Gasteiger partial charge >= 0.3 is 5.97 Å². The average Bonchev–Trinajstić information content (AvgIpc) is 2.55. The molecule has 0 fully saturated rings. The highest BCUT2D eigenvalue weighted by Gasteiger charge is 2.20. The molecule has 2 rings (SSSR count). The second-order valence-corrected chi connectivity index (χ2v) is 4.49. The predicted octanol–water partition coefficient (Wildman–Crippen LogP) is 2.06. The first-order valence-corrected chi connectivity index (χ1v) is 5.46. The third-order valence-corrected chi connectivity index (χ3v) is 3.05. The average molecular weight is 284 g/mol. The number of carboxylic acid groups (broad SMARTS) is 1. The molecule has 0 saturated carbocycles. The van der Waals surface area contributed by atoms with Crippen molar-refractivity contribution in [1.29, 1.82) is 0 Å². The molecular formula is C11H10BrNO3. The van der Waals surface area contributed by atoms with Gasteiger partial charge in [0.25, 0.3) is 0 Å². The topological polar surface area (TPSA) is 62.5 Å². The van der Waals surface area contributed by atoms with Crippen LogP contribution in [-0.2, 0) is 11.8 Å². The molecule has 1 aromatic heterocycles. The van der Waals surface area contributed by atoms with E-state index in [4.69, 9.17) is 5.11 Å². The standard InChI is InChI=1S/C11H10BrNO3/c1-13-8-5-7(12)3-2-6(8)4-9(13)10(14)11(15)16/h2-5,10,14H,1H3,(H,15,16). The third kappa shape index (κ3) is 1.72. The van der Waals surface area contributed by atoms with Gasteiger partial charge in [-0.15, -0.1) is 0 Å². The highest BCUT2D eigenvalue weighted by atomic mass is 79.9. The van der Waals surface area contributed by atoms with Crippen LogP contribution in [-0.4, -0.2) is 20.7 Å². The SMILES string of the molecule is Cn1c(C(O)C(=O)O)cc2ccc(Br)cc21. The number of carbonyl (C=O) groups is 1. The maximum atomic E-state index is 10.7. The first kappa shape index (κ1) is 11.2. The van der Waals surface area contributed by atoms with Crippen LogP contribution in [0.25, 0.3) is 10.9 Å². The summed E-state index contributed by atoms with van der Waals surface area (Å²) in [6, 6.07) is 7.31. The fourth-order valence-corrected chi connectivity index (χ4v) is 2.06. The zero-order chi connectivity index (χ0) is 11.9. The van der Waals surface area contributed by atoms with E-state index in [1.165, 1.54) is 0 Å². The van der Waals surface area contributed by atoms with E-state index in [0.717, 1.165) is 15.4 Å². The van der Waals surface area contributed by atoms with Gasteiger partial charge in [-0.1, -0.05) is 22.0 Å². The first-order chi connectivity index (χ1) is 7.50. The molecule has 0 saturated heterocycles. The van der Waals surface area contributed by atoms with E-state index in [-0.39, 0.29) is 0 Å². The van der Waals surface area contributed by atoms with Gasteiger partial charge < -0.3 is 14.8 Å². The number of hydrogen-bond acceptors (Lipinski definition) is 2. The Morgan fingerprint density at radius 1 is 1.44 bits per heavy atom. The van der Waals surface area contributed by atoms with Crippen LogP contribution in [0.1, 0.15) is 11.8 Å². The minimum Gasteiger partial charge on any atom is -0.479 e. The molecular weight excluding hydrogens is 274 g/mol. The van der Waals surface area contributed by atoms with Crippen molar-refractivity contribution >= 4 is 32.8 Å². The Labute approximate surface area is 100 Å². The van der Waals surface area contributed by atoms with Gasteiger partial charge in [0, 0.05) is 22.4 Å². The van der Waals surface area contributed by atoms with Gasteiger partial charge in [0.2, 0.25) is 0 Å². The summed E-state index contributed by atoms with van der Waals surface area (Å²) in [5.41, 5.74) is 1.25. The molecule has 0 amide bonds. The maximum absolute atomic E-state index is 10.7. The van der Waals surface area contributed by atoms with Crippen molar-refractivity contribution in [2.24, 2.45) is 7.05 Å². The lowest BCUT2D eigenvalue weighted by molar-refractivity contribution is -0.147.